The van der Waals surface area contributed by atoms with Crippen LogP contribution in [0.2, 0.25) is 0 Å². The van der Waals surface area contributed by atoms with Gasteiger partial charge in [-0.25, -0.2) is 4.79 Å². The Balaban J connectivity index is 1.73. The Morgan fingerprint density at radius 2 is 1.73 bits per heavy atom. The Labute approximate surface area is 239 Å². The van der Waals surface area contributed by atoms with Gasteiger partial charge in [-0.3, -0.25) is 18.7 Å². The molecule has 9 heteroatoms. The Bertz CT molecular complexity index is 1030. The lowest BCUT2D eigenvalue weighted by Gasteiger charge is -2.30. The number of hydrogen-bond donors (Lipinski definition) is 1. The van der Waals surface area contributed by atoms with Crippen molar-refractivity contribution >= 4 is 25.2 Å². The molecule has 8 nitrogen and oxygen atoms in total. The van der Waals surface area contributed by atoms with Gasteiger partial charge in [0.25, 0.3) is 0 Å². The summed E-state index contributed by atoms with van der Waals surface area (Å²) in [5.74, 6) is -1.61. The van der Waals surface area contributed by atoms with E-state index in [2.05, 4.69) is 24.3 Å². The zero-order valence-electron chi connectivity index (χ0n) is 24.7. The molecule has 0 aromatic heterocycles. The number of unbranched alkanes of at least 4 members (excludes halogenated alkanes) is 1. The minimum absolute atomic E-state index is 0.147. The maximum Gasteiger partial charge on any atom is 0.326 e. The second-order valence-corrected chi connectivity index (χ2v) is 14.6. The molecule has 1 aromatic rings. The first-order chi connectivity index (χ1) is 19.0. The molecule has 1 aliphatic heterocycles. The Hall–Kier alpha value is -2.18. The largest absolute Gasteiger partial charge is 0.480 e. The Kier molecular flexibility index (Phi) is 12.3. The fourth-order valence-corrected chi connectivity index (χ4v) is 8.21. The third-order valence-electron chi connectivity index (χ3n) is 8.34. The van der Waals surface area contributed by atoms with Crippen molar-refractivity contribution in [3.8, 4) is 0 Å². The van der Waals surface area contributed by atoms with Crippen molar-refractivity contribution in [1.82, 2.24) is 4.90 Å². The van der Waals surface area contributed by atoms with E-state index < -0.39 is 37.5 Å². The van der Waals surface area contributed by atoms with Crippen LogP contribution in [-0.4, -0.2) is 59.1 Å². The highest BCUT2D eigenvalue weighted by atomic mass is 31.2. The SMILES string of the molecule is CCC(=O)OC(OP(=O)(CCCCc1ccc(C)cc1)CC(=O)N1C[C@H](C2CCCCC2)C[C@H]1C(=O)O)C(C)C. The maximum atomic E-state index is 14.3. The second kappa shape index (κ2) is 15.2. The zero-order chi connectivity index (χ0) is 29.3. The average Bonchev–Trinajstić information content (AvgIpc) is 3.38. The van der Waals surface area contributed by atoms with Gasteiger partial charge in [-0.15, -0.1) is 0 Å². The number of carboxylic acids is 1. The number of rotatable bonds is 14. The molecule has 2 aliphatic rings. The summed E-state index contributed by atoms with van der Waals surface area (Å²) in [6.07, 6.45) is 7.11. The summed E-state index contributed by atoms with van der Waals surface area (Å²) < 4.78 is 25.8. The number of aryl methyl sites for hydroxylation is 2. The molecule has 40 heavy (non-hydrogen) atoms. The van der Waals surface area contributed by atoms with Gasteiger partial charge in [-0.2, -0.15) is 0 Å². The first-order valence-electron chi connectivity index (χ1n) is 15.0. The molecule has 4 atom stereocenters. The summed E-state index contributed by atoms with van der Waals surface area (Å²) in [5, 5.41) is 9.94. The number of benzene rings is 1. The number of ether oxygens (including phenoxy) is 1. The molecule has 1 aliphatic carbocycles. The van der Waals surface area contributed by atoms with Crippen LogP contribution in [-0.2, 0) is 34.6 Å². The van der Waals surface area contributed by atoms with Gasteiger partial charge in [0.05, 0.1) is 0 Å². The number of carbonyl (C=O) groups excluding carboxylic acids is 2. The second-order valence-electron chi connectivity index (χ2n) is 12.0. The van der Waals surface area contributed by atoms with E-state index in [-0.39, 0.29) is 30.6 Å². The van der Waals surface area contributed by atoms with Crippen LogP contribution in [0.25, 0.3) is 0 Å². The molecule has 1 heterocycles. The number of aliphatic carboxylic acids is 1. The minimum atomic E-state index is -3.60. The van der Waals surface area contributed by atoms with Crippen molar-refractivity contribution in [2.24, 2.45) is 17.8 Å². The smallest absolute Gasteiger partial charge is 0.326 e. The molecule has 1 aromatic carbocycles. The van der Waals surface area contributed by atoms with E-state index in [0.717, 1.165) is 38.5 Å². The summed E-state index contributed by atoms with van der Waals surface area (Å²) in [5.41, 5.74) is 2.37. The van der Waals surface area contributed by atoms with E-state index in [1.54, 1.807) is 6.92 Å². The summed E-state index contributed by atoms with van der Waals surface area (Å²) in [7, 11) is -3.60. The standard InChI is InChI=1S/C31H48NO7P/c1-5-29(34)38-31(22(2)3)39-40(37,18-10-9-11-24-16-14-23(4)15-17-24)21-28(33)32-20-26(19-27(32)30(35)36)25-12-7-6-8-13-25/h14-17,22,25-27,31H,5-13,18-21H2,1-4H3,(H,35,36)/t26-,27+,31?,40?/m1/s1. The number of carboxylic acid groups (broad SMARTS) is 1. The molecule has 0 spiro atoms. The Morgan fingerprint density at radius 1 is 1.05 bits per heavy atom. The lowest BCUT2D eigenvalue weighted by atomic mass is 9.79. The van der Waals surface area contributed by atoms with E-state index in [1.807, 2.05) is 20.8 Å². The van der Waals surface area contributed by atoms with E-state index in [4.69, 9.17) is 9.26 Å². The fraction of sp³-hybridized carbons (Fsp3) is 0.710. The van der Waals surface area contributed by atoms with Gasteiger partial charge in [0, 0.05) is 25.0 Å². The lowest BCUT2D eigenvalue weighted by molar-refractivity contribution is -0.169. The van der Waals surface area contributed by atoms with Gasteiger partial charge in [0.1, 0.15) is 12.2 Å². The maximum absolute atomic E-state index is 14.3. The van der Waals surface area contributed by atoms with Crippen molar-refractivity contribution in [1.29, 1.82) is 0 Å². The summed E-state index contributed by atoms with van der Waals surface area (Å²) >= 11 is 0. The van der Waals surface area contributed by atoms with Gasteiger partial charge >= 0.3 is 11.9 Å². The van der Waals surface area contributed by atoms with Crippen LogP contribution in [0.1, 0.15) is 89.7 Å². The molecule has 2 fully saturated rings. The summed E-state index contributed by atoms with van der Waals surface area (Å²) in [6, 6.07) is 7.37. The molecule has 1 saturated heterocycles. The normalized spacial score (nSPS) is 22.2. The number of likely N-dealkylation sites (tertiary alicyclic amines) is 1. The molecule has 2 unspecified atom stereocenters. The van der Waals surface area contributed by atoms with E-state index in [0.29, 0.717) is 25.3 Å². The van der Waals surface area contributed by atoms with Gasteiger partial charge in [-0.05, 0) is 50.0 Å². The number of nitrogens with zero attached hydrogens (tertiary/aromatic N) is 1. The van der Waals surface area contributed by atoms with Crippen LogP contribution < -0.4 is 0 Å². The third-order valence-corrected chi connectivity index (χ3v) is 10.7. The van der Waals surface area contributed by atoms with Crippen LogP contribution in [0, 0.1) is 24.7 Å². The minimum Gasteiger partial charge on any atom is -0.480 e. The van der Waals surface area contributed by atoms with Gasteiger partial charge in [0.2, 0.25) is 19.6 Å². The molecule has 3 rings (SSSR count). The summed E-state index contributed by atoms with van der Waals surface area (Å²) in [4.78, 5) is 39.2. The molecule has 0 bridgehead atoms. The molecule has 1 N–H and O–H groups in total. The highest BCUT2D eigenvalue weighted by Crippen LogP contribution is 2.51. The van der Waals surface area contributed by atoms with Crippen molar-refractivity contribution in [3.63, 3.8) is 0 Å². The number of carbonyl (C=O) groups is 3. The van der Waals surface area contributed by atoms with Gasteiger partial charge < -0.3 is 14.7 Å². The molecule has 1 saturated carbocycles. The number of hydrogen-bond acceptors (Lipinski definition) is 6. The number of amides is 1. The van der Waals surface area contributed by atoms with Crippen LogP contribution in [0.3, 0.4) is 0 Å². The Morgan fingerprint density at radius 3 is 2.33 bits per heavy atom. The van der Waals surface area contributed by atoms with Gasteiger partial charge in [-0.1, -0.05) is 82.7 Å². The molecule has 224 valence electrons. The predicted molar refractivity (Wildman–Crippen MR) is 155 cm³/mol. The topological polar surface area (TPSA) is 110 Å². The average molecular weight is 578 g/mol. The van der Waals surface area contributed by atoms with Crippen LogP contribution in [0.5, 0.6) is 0 Å². The van der Waals surface area contributed by atoms with Crippen LogP contribution >= 0.6 is 7.37 Å². The van der Waals surface area contributed by atoms with Crippen molar-refractivity contribution in [2.45, 2.75) is 104 Å². The van der Waals surface area contributed by atoms with E-state index in [1.165, 1.54) is 22.4 Å². The third kappa shape index (κ3) is 9.44. The zero-order valence-corrected chi connectivity index (χ0v) is 25.6. The summed E-state index contributed by atoms with van der Waals surface area (Å²) in [6.45, 7) is 7.72. The van der Waals surface area contributed by atoms with E-state index in [9.17, 15) is 24.1 Å². The fourth-order valence-electron chi connectivity index (χ4n) is 5.91. The lowest BCUT2D eigenvalue weighted by Crippen LogP contribution is -2.42. The van der Waals surface area contributed by atoms with Crippen LogP contribution in [0.4, 0.5) is 0 Å². The monoisotopic (exact) mass is 577 g/mol. The highest BCUT2D eigenvalue weighted by molar-refractivity contribution is 7.59. The van der Waals surface area contributed by atoms with Crippen molar-refractivity contribution < 1.29 is 33.3 Å². The highest BCUT2D eigenvalue weighted by Gasteiger charge is 2.44. The quantitative estimate of drug-likeness (QED) is 0.117. The van der Waals surface area contributed by atoms with Crippen molar-refractivity contribution in [3.05, 3.63) is 35.4 Å². The van der Waals surface area contributed by atoms with Crippen LogP contribution in [0.15, 0.2) is 24.3 Å². The van der Waals surface area contributed by atoms with Gasteiger partial charge in [0.15, 0.2) is 0 Å². The van der Waals surface area contributed by atoms with Crippen molar-refractivity contribution in [2.75, 3.05) is 18.9 Å². The first kappa shape index (κ1) is 32.3. The molecule has 1 amide bonds. The first-order valence-corrected chi connectivity index (χ1v) is 17.0. The predicted octanol–water partition coefficient (Wildman–Crippen LogP) is 6.43. The molecular weight excluding hydrogens is 529 g/mol. The van der Waals surface area contributed by atoms with E-state index >= 15 is 0 Å². The molecular formula is C31H48NO7P. The molecule has 0 radical (unpaired) electrons. The number of esters is 1.